The maximum Gasteiger partial charge on any atom is 0.255 e. The highest BCUT2D eigenvalue weighted by Crippen LogP contribution is 2.21. The Morgan fingerprint density at radius 1 is 1.22 bits per heavy atom. The van der Waals surface area contributed by atoms with Crippen LogP contribution in [-0.2, 0) is 0 Å². The number of pyridine rings is 1. The van der Waals surface area contributed by atoms with Gasteiger partial charge in [0.25, 0.3) is 5.91 Å². The molecule has 0 unspecified atom stereocenters. The lowest BCUT2D eigenvalue weighted by Gasteiger charge is -2.07. The second-order valence-electron chi connectivity index (χ2n) is 3.79. The van der Waals surface area contributed by atoms with Gasteiger partial charge in [0.05, 0.1) is 0 Å². The highest BCUT2D eigenvalue weighted by atomic mass is 79.9. The highest BCUT2D eigenvalue weighted by molar-refractivity contribution is 9.10. The van der Waals surface area contributed by atoms with Crippen molar-refractivity contribution in [2.75, 3.05) is 5.32 Å². The molecular formula is C13H10Br2N2O. The molecule has 0 aliphatic carbocycles. The average Bonchev–Trinajstić information content (AvgIpc) is 2.34. The number of halogens is 2. The molecule has 0 atom stereocenters. The maximum absolute atomic E-state index is 12.0. The molecule has 5 heteroatoms. The second-order valence-corrected chi connectivity index (χ2v) is 5.45. The van der Waals surface area contributed by atoms with Crippen LogP contribution in [-0.4, -0.2) is 10.9 Å². The molecule has 18 heavy (non-hydrogen) atoms. The third kappa shape index (κ3) is 3.17. The smallest absolute Gasteiger partial charge is 0.255 e. The van der Waals surface area contributed by atoms with Crippen molar-refractivity contribution in [3.8, 4) is 0 Å². The lowest BCUT2D eigenvalue weighted by molar-refractivity contribution is 0.102. The Morgan fingerprint density at radius 3 is 2.67 bits per heavy atom. The van der Waals surface area contributed by atoms with Crippen LogP contribution in [0.2, 0.25) is 0 Å². The van der Waals surface area contributed by atoms with Gasteiger partial charge in [-0.3, -0.25) is 4.79 Å². The minimum atomic E-state index is -0.158. The number of carbonyl (C=O) groups excluding carboxylic acids is 1. The molecule has 0 aliphatic heterocycles. The number of hydrogen-bond acceptors (Lipinski definition) is 2. The standard InChI is InChI=1S/C13H10Br2N2O/c1-8-2-3-10(7-11(8)14)17-13(18)9-4-5-16-12(15)6-9/h2-7H,1H3,(H,17,18). The first-order valence-electron chi connectivity index (χ1n) is 5.25. The van der Waals surface area contributed by atoms with E-state index >= 15 is 0 Å². The van der Waals surface area contributed by atoms with Crippen molar-refractivity contribution in [3.05, 3.63) is 56.7 Å². The van der Waals surface area contributed by atoms with E-state index in [1.54, 1.807) is 18.3 Å². The summed E-state index contributed by atoms with van der Waals surface area (Å²) >= 11 is 6.67. The van der Waals surface area contributed by atoms with E-state index in [9.17, 15) is 4.79 Å². The fourth-order valence-corrected chi connectivity index (χ4v) is 2.16. The molecule has 0 radical (unpaired) electrons. The van der Waals surface area contributed by atoms with Gasteiger partial charge in [0.2, 0.25) is 0 Å². The van der Waals surface area contributed by atoms with E-state index in [-0.39, 0.29) is 5.91 Å². The van der Waals surface area contributed by atoms with Crippen LogP contribution in [0.5, 0.6) is 0 Å². The Hall–Kier alpha value is -1.20. The van der Waals surface area contributed by atoms with Crippen molar-refractivity contribution in [1.82, 2.24) is 4.98 Å². The van der Waals surface area contributed by atoms with Crippen LogP contribution < -0.4 is 5.32 Å². The van der Waals surface area contributed by atoms with Gasteiger partial charge in [-0.05, 0) is 52.7 Å². The predicted molar refractivity (Wildman–Crippen MR) is 78.8 cm³/mol. The van der Waals surface area contributed by atoms with Crippen molar-refractivity contribution in [2.45, 2.75) is 6.92 Å². The molecule has 2 rings (SSSR count). The summed E-state index contributed by atoms with van der Waals surface area (Å²) in [6.07, 6.45) is 1.59. The molecule has 1 aromatic heterocycles. The summed E-state index contributed by atoms with van der Waals surface area (Å²) in [4.78, 5) is 16.0. The quantitative estimate of drug-likeness (QED) is 0.807. The largest absolute Gasteiger partial charge is 0.322 e. The van der Waals surface area contributed by atoms with E-state index in [0.29, 0.717) is 10.2 Å². The van der Waals surface area contributed by atoms with Crippen LogP contribution in [0.1, 0.15) is 15.9 Å². The third-order valence-corrected chi connectivity index (χ3v) is 3.71. The summed E-state index contributed by atoms with van der Waals surface area (Å²) < 4.78 is 1.61. The zero-order valence-corrected chi connectivity index (χ0v) is 12.7. The molecule has 0 spiro atoms. The molecule has 0 bridgehead atoms. The van der Waals surface area contributed by atoms with Crippen LogP contribution in [0.15, 0.2) is 45.6 Å². The molecule has 2 aromatic rings. The summed E-state index contributed by atoms with van der Waals surface area (Å²) in [7, 11) is 0. The number of rotatable bonds is 2. The zero-order chi connectivity index (χ0) is 13.1. The van der Waals surface area contributed by atoms with Gasteiger partial charge in [0, 0.05) is 21.9 Å². The summed E-state index contributed by atoms with van der Waals surface area (Å²) in [6, 6.07) is 9.04. The van der Waals surface area contributed by atoms with Gasteiger partial charge < -0.3 is 5.32 Å². The first-order valence-corrected chi connectivity index (χ1v) is 6.84. The van der Waals surface area contributed by atoms with Gasteiger partial charge in [-0.2, -0.15) is 0 Å². The normalized spacial score (nSPS) is 10.2. The summed E-state index contributed by atoms with van der Waals surface area (Å²) in [5.74, 6) is -0.158. The van der Waals surface area contributed by atoms with Gasteiger partial charge >= 0.3 is 0 Å². The van der Waals surface area contributed by atoms with Gasteiger partial charge in [-0.15, -0.1) is 0 Å². The number of nitrogens with one attached hydrogen (secondary N) is 1. The molecule has 0 aliphatic rings. The molecular weight excluding hydrogens is 360 g/mol. The van der Waals surface area contributed by atoms with Gasteiger partial charge in [-0.25, -0.2) is 4.98 Å². The highest BCUT2D eigenvalue weighted by Gasteiger charge is 2.07. The van der Waals surface area contributed by atoms with E-state index in [4.69, 9.17) is 0 Å². The number of aryl methyl sites for hydroxylation is 1. The van der Waals surface area contributed by atoms with E-state index in [0.717, 1.165) is 15.7 Å². The van der Waals surface area contributed by atoms with Crippen molar-refractivity contribution >= 4 is 43.5 Å². The molecule has 92 valence electrons. The van der Waals surface area contributed by atoms with E-state index in [2.05, 4.69) is 42.2 Å². The lowest BCUT2D eigenvalue weighted by Crippen LogP contribution is -2.12. The third-order valence-electron chi connectivity index (χ3n) is 2.42. The van der Waals surface area contributed by atoms with Crippen LogP contribution >= 0.6 is 31.9 Å². The minimum Gasteiger partial charge on any atom is -0.322 e. The zero-order valence-electron chi connectivity index (χ0n) is 9.58. The average molecular weight is 370 g/mol. The Bertz CT molecular complexity index is 599. The van der Waals surface area contributed by atoms with E-state index < -0.39 is 0 Å². The maximum atomic E-state index is 12.0. The summed E-state index contributed by atoms with van der Waals surface area (Å²) in [6.45, 7) is 2.00. The fourth-order valence-electron chi connectivity index (χ4n) is 1.42. The molecule has 1 aromatic carbocycles. The summed E-state index contributed by atoms with van der Waals surface area (Å²) in [5, 5.41) is 2.84. The molecule has 3 nitrogen and oxygen atoms in total. The van der Waals surface area contributed by atoms with Crippen molar-refractivity contribution in [2.24, 2.45) is 0 Å². The van der Waals surface area contributed by atoms with Gasteiger partial charge in [0.15, 0.2) is 0 Å². The number of hydrogen-bond donors (Lipinski definition) is 1. The fraction of sp³-hybridized carbons (Fsp3) is 0.0769. The molecule has 0 saturated carbocycles. The Kier molecular flexibility index (Phi) is 4.14. The first-order chi connectivity index (χ1) is 8.56. The number of amides is 1. The van der Waals surface area contributed by atoms with Crippen LogP contribution in [0.3, 0.4) is 0 Å². The number of anilines is 1. The number of nitrogens with zero attached hydrogens (tertiary/aromatic N) is 1. The number of benzene rings is 1. The lowest BCUT2D eigenvalue weighted by atomic mass is 10.2. The van der Waals surface area contributed by atoms with Gasteiger partial charge in [-0.1, -0.05) is 22.0 Å². The molecule has 1 amide bonds. The Morgan fingerprint density at radius 2 is 2.00 bits per heavy atom. The van der Waals surface area contributed by atoms with Crippen molar-refractivity contribution in [3.63, 3.8) is 0 Å². The Labute approximate surface area is 122 Å². The summed E-state index contributed by atoms with van der Waals surface area (Å²) in [5.41, 5.74) is 2.44. The second kappa shape index (κ2) is 5.63. The Balaban J connectivity index is 2.18. The molecule has 0 saturated heterocycles. The SMILES string of the molecule is Cc1ccc(NC(=O)c2ccnc(Br)c2)cc1Br. The van der Waals surface area contributed by atoms with Crippen molar-refractivity contribution in [1.29, 1.82) is 0 Å². The number of carbonyl (C=O) groups is 1. The van der Waals surface area contributed by atoms with E-state index in [1.165, 1.54) is 0 Å². The molecule has 1 heterocycles. The first kappa shape index (κ1) is 13.2. The van der Waals surface area contributed by atoms with Crippen LogP contribution in [0, 0.1) is 6.92 Å². The minimum absolute atomic E-state index is 0.158. The van der Waals surface area contributed by atoms with Gasteiger partial charge in [0.1, 0.15) is 4.60 Å². The monoisotopic (exact) mass is 368 g/mol. The predicted octanol–water partition coefficient (Wildman–Crippen LogP) is 4.17. The van der Waals surface area contributed by atoms with Crippen LogP contribution in [0.25, 0.3) is 0 Å². The number of aromatic nitrogens is 1. The molecule has 1 N–H and O–H groups in total. The topological polar surface area (TPSA) is 42.0 Å². The van der Waals surface area contributed by atoms with Crippen LogP contribution in [0.4, 0.5) is 5.69 Å². The van der Waals surface area contributed by atoms with Crippen molar-refractivity contribution < 1.29 is 4.79 Å². The molecule has 0 fully saturated rings. The van der Waals surface area contributed by atoms with E-state index in [1.807, 2.05) is 25.1 Å².